The van der Waals surface area contributed by atoms with E-state index in [1.165, 1.54) is 0 Å². The molecule has 0 fully saturated rings. The van der Waals surface area contributed by atoms with Crippen LogP contribution in [0.3, 0.4) is 0 Å². The van der Waals surface area contributed by atoms with Gasteiger partial charge < -0.3 is 15.6 Å². The Morgan fingerprint density at radius 1 is 1.53 bits per heavy atom. The number of anilines is 2. The molecule has 1 aromatic carbocycles. The molecule has 86 valence electrons. The van der Waals surface area contributed by atoms with Crippen LogP contribution < -0.4 is 11.1 Å². The summed E-state index contributed by atoms with van der Waals surface area (Å²) in [5.41, 5.74) is 7.49. The summed E-state index contributed by atoms with van der Waals surface area (Å²) in [7, 11) is 1.87. The molecule has 0 radical (unpaired) electrons. The minimum absolute atomic E-state index is 0.456. The molecular formula is C11H12N6. The van der Waals surface area contributed by atoms with Gasteiger partial charge in [-0.1, -0.05) is 6.07 Å². The lowest BCUT2D eigenvalue weighted by Crippen LogP contribution is -2.07. The zero-order chi connectivity index (χ0) is 12.3. The Kier molecular flexibility index (Phi) is 2.92. The van der Waals surface area contributed by atoms with Gasteiger partial charge in [-0.25, -0.2) is 0 Å². The van der Waals surface area contributed by atoms with E-state index in [9.17, 15) is 0 Å². The fourth-order valence-electron chi connectivity index (χ4n) is 1.46. The van der Waals surface area contributed by atoms with Crippen molar-refractivity contribution in [1.82, 2.24) is 14.8 Å². The maximum Gasteiger partial charge on any atom is 0.151 e. The third kappa shape index (κ3) is 2.18. The van der Waals surface area contributed by atoms with Gasteiger partial charge in [0.15, 0.2) is 5.82 Å². The van der Waals surface area contributed by atoms with Crippen LogP contribution in [0.5, 0.6) is 0 Å². The van der Waals surface area contributed by atoms with Crippen LogP contribution in [-0.4, -0.2) is 14.8 Å². The van der Waals surface area contributed by atoms with Crippen molar-refractivity contribution in [2.45, 2.75) is 6.54 Å². The molecule has 0 saturated carbocycles. The Hall–Kier alpha value is -2.55. The number of para-hydroxylation sites is 1. The monoisotopic (exact) mass is 228 g/mol. The zero-order valence-electron chi connectivity index (χ0n) is 9.38. The number of hydrogen-bond donors (Lipinski definition) is 2. The van der Waals surface area contributed by atoms with E-state index >= 15 is 0 Å². The Morgan fingerprint density at radius 2 is 2.35 bits per heavy atom. The van der Waals surface area contributed by atoms with Gasteiger partial charge in [-0.15, -0.1) is 10.2 Å². The van der Waals surface area contributed by atoms with Crippen LogP contribution in [0.2, 0.25) is 0 Å². The number of aromatic nitrogens is 3. The van der Waals surface area contributed by atoms with Crippen molar-refractivity contribution in [2.75, 3.05) is 11.1 Å². The van der Waals surface area contributed by atoms with Crippen LogP contribution in [-0.2, 0) is 13.6 Å². The Morgan fingerprint density at radius 3 is 3.00 bits per heavy atom. The Labute approximate surface area is 98.7 Å². The number of nitrogens with two attached hydrogens (primary N) is 1. The molecule has 0 spiro atoms. The number of rotatable bonds is 3. The fraction of sp³-hybridized carbons (Fsp3) is 0.182. The molecule has 6 nitrogen and oxygen atoms in total. The molecule has 0 unspecified atom stereocenters. The van der Waals surface area contributed by atoms with Crippen molar-refractivity contribution in [3.63, 3.8) is 0 Å². The summed E-state index contributed by atoms with van der Waals surface area (Å²) in [4.78, 5) is 0. The standard InChI is InChI=1S/C11H12N6/c1-17-7-15-16-10(17)6-14-9-4-2-3-8(5-12)11(9)13/h2-4,7,14H,6,13H2,1H3. The van der Waals surface area contributed by atoms with Gasteiger partial charge in [0.25, 0.3) is 0 Å². The summed E-state index contributed by atoms with van der Waals surface area (Å²) >= 11 is 0. The van der Waals surface area contributed by atoms with E-state index in [4.69, 9.17) is 11.0 Å². The third-order valence-electron chi connectivity index (χ3n) is 2.47. The Bertz CT molecular complexity index is 566. The number of nitriles is 1. The third-order valence-corrected chi connectivity index (χ3v) is 2.47. The molecule has 2 rings (SSSR count). The average Bonchev–Trinajstić information content (AvgIpc) is 2.74. The second kappa shape index (κ2) is 4.53. The second-order valence-electron chi connectivity index (χ2n) is 3.59. The lowest BCUT2D eigenvalue weighted by Gasteiger charge is -2.09. The van der Waals surface area contributed by atoms with E-state index in [0.717, 1.165) is 11.5 Å². The summed E-state index contributed by atoms with van der Waals surface area (Å²) in [5.74, 6) is 0.798. The number of nitrogens with one attached hydrogen (secondary N) is 1. The number of hydrogen-bond acceptors (Lipinski definition) is 5. The van der Waals surface area contributed by atoms with Crippen molar-refractivity contribution in [2.24, 2.45) is 7.05 Å². The van der Waals surface area contributed by atoms with Gasteiger partial charge in [0, 0.05) is 7.05 Å². The van der Waals surface area contributed by atoms with Crippen LogP contribution in [0.15, 0.2) is 24.5 Å². The highest BCUT2D eigenvalue weighted by Gasteiger charge is 2.05. The highest BCUT2D eigenvalue weighted by Crippen LogP contribution is 2.22. The topological polar surface area (TPSA) is 92.5 Å². The molecule has 0 atom stereocenters. The van der Waals surface area contributed by atoms with Gasteiger partial charge in [0.05, 0.1) is 23.5 Å². The lowest BCUT2D eigenvalue weighted by molar-refractivity contribution is 0.812. The van der Waals surface area contributed by atoms with Crippen molar-refractivity contribution in [1.29, 1.82) is 5.26 Å². The number of aryl methyl sites for hydroxylation is 1. The number of benzene rings is 1. The van der Waals surface area contributed by atoms with E-state index in [1.54, 1.807) is 18.5 Å². The molecule has 2 aromatic rings. The average molecular weight is 228 g/mol. The highest BCUT2D eigenvalue weighted by molar-refractivity contribution is 5.72. The molecule has 0 aliphatic rings. The van der Waals surface area contributed by atoms with Gasteiger partial charge in [-0.3, -0.25) is 0 Å². The normalized spacial score (nSPS) is 9.88. The molecule has 0 saturated heterocycles. The zero-order valence-corrected chi connectivity index (χ0v) is 9.38. The quantitative estimate of drug-likeness (QED) is 0.761. The molecule has 6 heteroatoms. The van der Waals surface area contributed by atoms with E-state index in [2.05, 4.69) is 15.5 Å². The first kappa shape index (κ1) is 11.0. The predicted octanol–water partition coefficient (Wildman–Crippen LogP) is 0.881. The van der Waals surface area contributed by atoms with Gasteiger partial charge in [0.1, 0.15) is 12.4 Å². The van der Waals surface area contributed by atoms with Crippen molar-refractivity contribution in [3.8, 4) is 6.07 Å². The van der Waals surface area contributed by atoms with E-state index in [-0.39, 0.29) is 0 Å². The smallest absolute Gasteiger partial charge is 0.151 e. The molecule has 0 amide bonds. The molecule has 1 heterocycles. The molecule has 0 aliphatic carbocycles. The summed E-state index contributed by atoms with van der Waals surface area (Å²) in [6, 6.07) is 7.34. The first-order valence-electron chi connectivity index (χ1n) is 5.07. The molecule has 17 heavy (non-hydrogen) atoms. The first-order chi connectivity index (χ1) is 8.22. The molecular weight excluding hydrogens is 216 g/mol. The summed E-state index contributed by atoms with van der Waals surface area (Å²) in [5, 5.41) is 19.7. The fourth-order valence-corrected chi connectivity index (χ4v) is 1.46. The maximum absolute atomic E-state index is 8.85. The van der Waals surface area contributed by atoms with Gasteiger partial charge in [-0.2, -0.15) is 5.26 Å². The number of nitrogens with zero attached hydrogens (tertiary/aromatic N) is 4. The SMILES string of the molecule is Cn1cnnc1CNc1cccc(C#N)c1N. The lowest BCUT2D eigenvalue weighted by atomic mass is 10.1. The summed E-state index contributed by atoms with van der Waals surface area (Å²) in [6.45, 7) is 0.510. The molecule has 0 bridgehead atoms. The summed E-state index contributed by atoms with van der Waals surface area (Å²) in [6.07, 6.45) is 1.63. The predicted molar refractivity (Wildman–Crippen MR) is 63.9 cm³/mol. The summed E-state index contributed by atoms with van der Waals surface area (Å²) < 4.78 is 1.82. The van der Waals surface area contributed by atoms with Crippen LogP contribution in [0.25, 0.3) is 0 Å². The van der Waals surface area contributed by atoms with Crippen molar-refractivity contribution in [3.05, 3.63) is 35.9 Å². The van der Waals surface area contributed by atoms with Crippen LogP contribution >= 0.6 is 0 Å². The van der Waals surface area contributed by atoms with Crippen molar-refractivity contribution < 1.29 is 0 Å². The first-order valence-corrected chi connectivity index (χ1v) is 5.07. The van der Waals surface area contributed by atoms with Crippen LogP contribution in [0, 0.1) is 11.3 Å². The van der Waals surface area contributed by atoms with Crippen LogP contribution in [0.1, 0.15) is 11.4 Å². The molecule has 0 aliphatic heterocycles. The highest BCUT2D eigenvalue weighted by atomic mass is 15.3. The van der Waals surface area contributed by atoms with Gasteiger partial charge >= 0.3 is 0 Å². The van der Waals surface area contributed by atoms with E-state index < -0.39 is 0 Å². The van der Waals surface area contributed by atoms with Crippen LogP contribution in [0.4, 0.5) is 11.4 Å². The maximum atomic E-state index is 8.85. The largest absolute Gasteiger partial charge is 0.396 e. The second-order valence-corrected chi connectivity index (χ2v) is 3.59. The van der Waals surface area contributed by atoms with E-state index in [1.807, 2.05) is 23.8 Å². The van der Waals surface area contributed by atoms with Gasteiger partial charge in [-0.05, 0) is 12.1 Å². The Balaban J connectivity index is 2.15. The van der Waals surface area contributed by atoms with E-state index in [0.29, 0.717) is 17.8 Å². The number of nitrogen functional groups attached to an aromatic ring is 1. The molecule has 1 aromatic heterocycles. The molecule has 3 N–H and O–H groups in total. The van der Waals surface area contributed by atoms with Gasteiger partial charge in [0.2, 0.25) is 0 Å². The van der Waals surface area contributed by atoms with Crippen molar-refractivity contribution >= 4 is 11.4 Å². The minimum atomic E-state index is 0.456. The minimum Gasteiger partial charge on any atom is -0.396 e.